The normalized spacial score (nSPS) is 11.1. The number of hydrogen-bond acceptors (Lipinski definition) is 3. The molecule has 0 saturated carbocycles. The SMILES string of the molecule is O=C(NS(=O)(=O)c1ccc(Br)cc1Cl)c1ccccc1. The molecule has 4 nitrogen and oxygen atoms in total. The third kappa shape index (κ3) is 3.39. The van der Waals surface area contributed by atoms with Crippen molar-refractivity contribution in [2.45, 2.75) is 4.90 Å². The van der Waals surface area contributed by atoms with Crippen molar-refractivity contribution in [1.29, 1.82) is 0 Å². The minimum atomic E-state index is -4.01. The summed E-state index contributed by atoms with van der Waals surface area (Å²) in [4.78, 5) is 11.7. The van der Waals surface area contributed by atoms with Crippen molar-refractivity contribution in [1.82, 2.24) is 4.72 Å². The molecule has 0 fully saturated rings. The Morgan fingerprint density at radius 3 is 2.35 bits per heavy atom. The van der Waals surface area contributed by atoms with Crippen LogP contribution in [0.5, 0.6) is 0 Å². The minimum Gasteiger partial charge on any atom is -0.268 e. The quantitative estimate of drug-likeness (QED) is 0.897. The second-order valence-corrected chi connectivity index (χ2v) is 6.85. The van der Waals surface area contributed by atoms with Gasteiger partial charge in [0, 0.05) is 10.0 Å². The maximum Gasteiger partial charge on any atom is 0.265 e. The number of halogens is 2. The first-order valence-corrected chi connectivity index (χ1v) is 8.13. The van der Waals surface area contributed by atoms with Crippen molar-refractivity contribution >= 4 is 43.5 Å². The van der Waals surface area contributed by atoms with Crippen LogP contribution >= 0.6 is 27.5 Å². The summed E-state index contributed by atoms with van der Waals surface area (Å²) < 4.78 is 26.9. The predicted molar refractivity (Wildman–Crippen MR) is 80.2 cm³/mol. The van der Waals surface area contributed by atoms with Gasteiger partial charge in [0.2, 0.25) is 0 Å². The second kappa shape index (κ2) is 5.95. The second-order valence-electron chi connectivity index (χ2n) is 3.88. The zero-order valence-electron chi connectivity index (χ0n) is 10.0. The van der Waals surface area contributed by atoms with E-state index in [2.05, 4.69) is 15.9 Å². The lowest BCUT2D eigenvalue weighted by Gasteiger charge is -2.08. The number of benzene rings is 2. The third-order valence-corrected chi connectivity index (χ3v) is 4.75. The summed E-state index contributed by atoms with van der Waals surface area (Å²) >= 11 is 9.07. The Bertz CT molecular complexity index is 747. The van der Waals surface area contributed by atoms with Gasteiger partial charge in [0.25, 0.3) is 15.9 Å². The van der Waals surface area contributed by atoms with E-state index in [9.17, 15) is 13.2 Å². The van der Waals surface area contributed by atoms with Gasteiger partial charge in [-0.15, -0.1) is 0 Å². The van der Waals surface area contributed by atoms with E-state index >= 15 is 0 Å². The molecule has 0 atom stereocenters. The van der Waals surface area contributed by atoms with Crippen LogP contribution in [-0.2, 0) is 10.0 Å². The molecule has 0 bridgehead atoms. The van der Waals surface area contributed by atoms with Crippen molar-refractivity contribution in [2.75, 3.05) is 0 Å². The highest BCUT2D eigenvalue weighted by atomic mass is 79.9. The molecule has 1 N–H and O–H groups in total. The van der Waals surface area contributed by atoms with Crippen LogP contribution < -0.4 is 4.72 Å². The Morgan fingerprint density at radius 2 is 1.75 bits per heavy atom. The highest BCUT2D eigenvalue weighted by Gasteiger charge is 2.21. The van der Waals surface area contributed by atoms with Gasteiger partial charge in [-0.05, 0) is 30.3 Å². The van der Waals surface area contributed by atoms with E-state index in [-0.39, 0.29) is 15.5 Å². The van der Waals surface area contributed by atoms with Crippen LogP contribution in [0.1, 0.15) is 10.4 Å². The van der Waals surface area contributed by atoms with Gasteiger partial charge in [0.15, 0.2) is 0 Å². The zero-order chi connectivity index (χ0) is 14.8. The lowest BCUT2D eigenvalue weighted by atomic mass is 10.2. The van der Waals surface area contributed by atoms with Crippen LogP contribution in [-0.4, -0.2) is 14.3 Å². The minimum absolute atomic E-state index is 0.0349. The van der Waals surface area contributed by atoms with E-state index in [1.54, 1.807) is 18.2 Å². The fourth-order valence-electron chi connectivity index (χ4n) is 1.52. The van der Waals surface area contributed by atoms with Gasteiger partial charge in [0.1, 0.15) is 4.90 Å². The first kappa shape index (κ1) is 15.0. The van der Waals surface area contributed by atoms with E-state index in [4.69, 9.17) is 11.6 Å². The summed E-state index contributed by atoms with van der Waals surface area (Å²) in [5.74, 6) is -0.704. The molecular weight excluding hydrogens is 366 g/mol. The summed E-state index contributed by atoms with van der Waals surface area (Å²) in [6.45, 7) is 0. The van der Waals surface area contributed by atoms with E-state index < -0.39 is 15.9 Å². The van der Waals surface area contributed by atoms with Gasteiger partial charge in [-0.1, -0.05) is 45.7 Å². The molecule has 104 valence electrons. The molecule has 0 aliphatic heterocycles. The molecule has 0 aliphatic rings. The number of carbonyl (C=O) groups is 1. The first-order chi connectivity index (χ1) is 9.40. The number of nitrogens with one attached hydrogen (secondary N) is 1. The molecular formula is C13H9BrClNO3S. The van der Waals surface area contributed by atoms with Crippen LogP contribution in [0.25, 0.3) is 0 Å². The Labute approximate surface area is 129 Å². The number of sulfonamides is 1. The summed E-state index contributed by atoms with van der Waals surface area (Å²) in [6, 6.07) is 12.4. The van der Waals surface area contributed by atoms with Crippen LogP contribution in [0.3, 0.4) is 0 Å². The van der Waals surface area contributed by atoms with Crippen LogP contribution in [0.15, 0.2) is 57.9 Å². The average Bonchev–Trinajstić information content (AvgIpc) is 2.38. The molecule has 0 radical (unpaired) electrons. The summed E-state index contributed by atoms with van der Waals surface area (Å²) in [7, 11) is -4.01. The van der Waals surface area contributed by atoms with Crippen molar-refractivity contribution in [3.8, 4) is 0 Å². The molecule has 2 rings (SSSR count). The number of hydrogen-bond donors (Lipinski definition) is 1. The standard InChI is InChI=1S/C13H9BrClNO3S/c14-10-6-7-12(11(15)8-10)20(18,19)16-13(17)9-4-2-1-3-5-9/h1-8H,(H,16,17). The smallest absolute Gasteiger partial charge is 0.265 e. The fourth-order valence-corrected chi connectivity index (χ4v) is 3.53. The molecule has 0 aliphatic carbocycles. The molecule has 0 unspecified atom stereocenters. The molecule has 0 spiro atoms. The topological polar surface area (TPSA) is 63.2 Å². The summed E-state index contributed by atoms with van der Waals surface area (Å²) in [5, 5.41) is 0.0349. The van der Waals surface area contributed by atoms with Gasteiger partial charge in [0.05, 0.1) is 5.02 Å². The highest BCUT2D eigenvalue weighted by Crippen LogP contribution is 2.25. The Kier molecular flexibility index (Phi) is 4.47. The lowest BCUT2D eigenvalue weighted by Crippen LogP contribution is -2.30. The van der Waals surface area contributed by atoms with Crippen molar-refractivity contribution in [3.05, 3.63) is 63.6 Å². The largest absolute Gasteiger partial charge is 0.268 e. The maximum atomic E-state index is 12.1. The monoisotopic (exact) mass is 373 g/mol. The van der Waals surface area contributed by atoms with Gasteiger partial charge in [-0.2, -0.15) is 0 Å². The molecule has 2 aromatic carbocycles. The molecule has 7 heteroatoms. The average molecular weight is 375 g/mol. The Hall–Kier alpha value is -1.37. The van der Waals surface area contributed by atoms with E-state index in [0.717, 1.165) is 0 Å². The first-order valence-electron chi connectivity index (χ1n) is 5.47. The highest BCUT2D eigenvalue weighted by molar-refractivity contribution is 9.10. The maximum absolute atomic E-state index is 12.1. The molecule has 0 heterocycles. The number of amides is 1. The van der Waals surface area contributed by atoms with Crippen molar-refractivity contribution in [2.24, 2.45) is 0 Å². The van der Waals surface area contributed by atoms with Gasteiger partial charge < -0.3 is 0 Å². The summed E-state index contributed by atoms with van der Waals surface area (Å²) in [6.07, 6.45) is 0. The van der Waals surface area contributed by atoms with Gasteiger partial charge in [-0.3, -0.25) is 4.79 Å². The van der Waals surface area contributed by atoms with Gasteiger partial charge in [-0.25, -0.2) is 13.1 Å². The summed E-state index contributed by atoms with van der Waals surface area (Å²) in [5.41, 5.74) is 0.254. The molecule has 2 aromatic rings. The molecule has 20 heavy (non-hydrogen) atoms. The van der Waals surface area contributed by atoms with Crippen molar-refractivity contribution < 1.29 is 13.2 Å². The lowest BCUT2D eigenvalue weighted by molar-refractivity contribution is 0.0981. The third-order valence-electron chi connectivity index (χ3n) is 2.45. The van der Waals surface area contributed by atoms with Crippen LogP contribution in [0.4, 0.5) is 0 Å². The Balaban J connectivity index is 2.30. The number of carbonyl (C=O) groups excluding carboxylic acids is 1. The van der Waals surface area contributed by atoms with Gasteiger partial charge >= 0.3 is 0 Å². The fraction of sp³-hybridized carbons (Fsp3) is 0. The predicted octanol–water partition coefficient (Wildman–Crippen LogP) is 3.22. The van der Waals surface area contributed by atoms with E-state index in [1.807, 2.05) is 4.72 Å². The zero-order valence-corrected chi connectivity index (χ0v) is 13.2. The van der Waals surface area contributed by atoms with E-state index in [1.165, 1.54) is 30.3 Å². The van der Waals surface area contributed by atoms with Crippen molar-refractivity contribution in [3.63, 3.8) is 0 Å². The van der Waals surface area contributed by atoms with Crippen LogP contribution in [0, 0.1) is 0 Å². The Morgan fingerprint density at radius 1 is 1.10 bits per heavy atom. The van der Waals surface area contributed by atoms with E-state index in [0.29, 0.717) is 4.47 Å². The molecule has 0 aromatic heterocycles. The van der Waals surface area contributed by atoms with Crippen LogP contribution in [0.2, 0.25) is 5.02 Å². The molecule has 1 amide bonds. The number of rotatable bonds is 3. The molecule has 0 saturated heterocycles.